The van der Waals surface area contributed by atoms with Crippen molar-refractivity contribution >= 4 is 17.8 Å². The van der Waals surface area contributed by atoms with Gasteiger partial charge < -0.3 is 19.3 Å². The summed E-state index contributed by atoms with van der Waals surface area (Å²) in [5, 5.41) is 10.1. The topological polar surface area (TPSA) is 82.1 Å². The molecule has 0 spiro atoms. The van der Waals surface area contributed by atoms with Crippen LogP contribution >= 0.6 is 0 Å². The van der Waals surface area contributed by atoms with Crippen LogP contribution in [0.1, 0.15) is 32.8 Å². The zero-order chi connectivity index (χ0) is 18.4. The number of cyclic esters (lactones) is 1. The van der Waals surface area contributed by atoms with Gasteiger partial charge in [-0.05, 0) is 45.1 Å². The van der Waals surface area contributed by atoms with E-state index in [9.17, 15) is 14.7 Å². The fourth-order valence-corrected chi connectivity index (χ4v) is 2.45. The number of aliphatic hydroxyl groups excluding tert-OH is 1. The Morgan fingerprint density at radius 3 is 2.64 bits per heavy atom. The minimum Gasteiger partial charge on any atom is -0.507 e. The molecule has 25 heavy (non-hydrogen) atoms. The average molecular weight is 346 g/mol. The van der Waals surface area contributed by atoms with E-state index < -0.39 is 23.6 Å². The van der Waals surface area contributed by atoms with E-state index in [1.165, 1.54) is 6.08 Å². The summed E-state index contributed by atoms with van der Waals surface area (Å²) in [6.07, 6.45) is 2.45. The lowest BCUT2D eigenvalue weighted by molar-refractivity contribution is -0.150. The average Bonchev–Trinajstić information content (AvgIpc) is 2.53. The number of aliphatic hydroxyl groups is 1. The van der Waals surface area contributed by atoms with Crippen LogP contribution in [0.3, 0.4) is 0 Å². The second-order valence-corrected chi connectivity index (χ2v) is 5.50. The molecule has 0 amide bonds. The van der Waals surface area contributed by atoms with Gasteiger partial charge in [-0.1, -0.05) is 0 Å². The summed E-state index contributed by atoms with van der Waals surface area (Å²) in [6.45, 7) is 6.38. The lowest BCUT2D eigenvalue weighted by atomic mass is 10.0. The number of hydrogen-bond acceptors (Lipinski definition) is 6. The lowest BCUT2D eigenvalue weighted by Gasteiger charge is -2.19. The zero-order valence-corrected chi connectivity index (χ0v) is 14.6. The van der Waals surface area contributed by atoms with Crippen LogP contribution in [0.5, 0.6) is 11.5 Å². The highest BCUT2D eigenvalue weighted by molar-refractivity contribution is 6.19. The fourth-order valence-electron chi connectivity index (χ4n) is 2.45. The smallest absolute Gasteiger partial charge is 0.345 e. The maximum absolute atomic E-state index is 12.0. The SMILES string of the molecule is CCOc1ccc(C=CC(O)=C2C(=O)CC(C)OC2=O)c(OCC)c1. The summed E-state index contributed by atoms with van der Waals surface area (Å²) >= 11 is 0. The first-order valence-electron chi connectivity index (χ1n) is 8.21. The maximum atomic E-state index is 12.0. The Kier molecular flexibility index (Phi) is 6.22. The molecule has 1 aliphatic heterocycles. The summed E-state index contributed by atoms with van der Waals surface area (Å²) in [7, 11) is 0. The van der Waals surface area contributed by atoms with Gasteiger partial charge in [0, 0.05) is 18.1 Å². The van der Waals surface area contributed by atoms with E-state index in [1.807, 2.05) is 13.8 Å². The van der Waals surface area contributed by atoms with Crippen LogP contribution in [0, 0.1) is 0 Å². The van der Waals surface area contributed by atoms with Gasteiger partial charge in [-0.3, -0.25) is 4.79 Å². The molecular formula is C19H22O6. The Labute approximate surface area is 146 Å². The van der Waals surface area contributed by atoms with Gasteiger partial charge in [-0.15, -0.1) is 0 Å². The Hall–Kier alpha value is -2.76. The Morgan fingerprint density at radius 2 is 2.00 bits per heavy atom. The van der Waals surface area contributed by atoms with E-state index in [1.54, 1.807) is 31.2 Å². The quantitative estimate of drug-likeness (QED) is 0.369. The number of benzene rings is 1. The zero-order valence-electron chi connectivity index (χ0n) is 14.6. The third kappa shape index (κ3) is 4.62. The molecule has 1 heterocycles. The number of ketones is 1. The van der Waals surface area contributed by atoms with Crippen LogP contribution in [-0.2, 0) is 14.3 Å². The number of Topliss-reactive ketones (excluding diaryl/α,β-unsaturated/α-hetero) is 1. The summed E-state index contributed by atoms with van der Waals surface area (Å²) in [4.78, 5) is 23.8. The van der Waals surface area contributed by atoms with Crippen LogP contribution in [0.2, 0.25) is 0 Å². The first kappa shape index (κ1) is 18.6. The molecule has 1 aromatic carbocycles. The molecule has 2 rings (SSSR count). The van der Waals surface area contributed by atoms with Crippen LogP contribution in [-0.4, -0.2) is 36.2 Å². The molecule has 0 aromatic heterocycles. The van der Waals surface area contributed by atoms with Gasteiger partial charge in [0.1, 0.15) is 28.9 Å². The minimum atomic E-state index is -0.803. The van der Waals surface area contributed by atoms with Crippen molar-refractivity contribution in [2.24, 2.45) is 0 Å². The van der Waals surface area contributed by atoms with Crippen LogP contribution in [0.15, 0.2) is 35.6 Å². The number of hydrogen-bond donors (Lipinski definition) is 1. The number of ether oxygens (including phenoxy) is 3. The molecule has 1 fully saturated rings. The van der Waals surface area contributed by atoms with Gasteiger partial charge in [0.05, 0.1) is 13.2 Å². The van der Waals surface area contributed by atoms with Crippen LogP contribution in [0.4, 0.5) is 0 Å². The molecule has 6 heteroatoms. The Balaban J connectivity index is 2.29. The van der Waals surface area contributed by atoms with Crippen molar-refractivity contribution in [3.63, 3.8) is 0 Å². The summed E-state index contributed by atoms with van der Waals surface area (Å²) in [5.41, 5.74) is 0.362. The second-order valence-electron chi connectivity index (χ2n) is 5.50. The van der Waals surface area contributed by atoms with Crippen LogP contribution in [0.25, 0.3) is 6.08 Å². The predicted molar refractivity (Wildman–Crippen MR) is 92.6 cm³/mol. The van der Waals surface area contributed by atoms with E-state index in [2.05, 4.69) is 0 Å². The predicted octanol–water partition coefficient (Wildman–Crippen LogP) is 3.21. The molecule has 6 nitrogen and oxygen atoms in total. The molecule has 0 saturated carbocycles. The highest BCUT2D eigenvalue weighted by Gasteiger charge is 2.32. The number of carbonyl (C=O) groups excluding carboxylic acids is 2. The standard InChI is InChI=1S/C19H22O6/c1-4-23-14-8-6-13(17(11-14)24-5-2)7-9-15(20)18-16(21)10-12(3)25-19(18)22/h6-9,11-12,20H,4-5,10H2,1-3H3. The van der Waals surface area contributed by atoms with Crippen molar-refractivity contribution in [3.05, 3.63) is 41.2 Å². The molecule has 134 valence electrons. The van der Waals surface area contributed by atoms with Crippen LogP contribution < -0.4 is 9.47 Å². The molecule has 0 aliphatic carbocycles. The minimum absolute atomic E-state index is 0.0617. The van der Waals surface area contributed by atoms with E-state index in [4.69, 9.17) is 14.2 Å². The van der Waals surface area contributed by atoms with Gasteiger partial charge in [-0.2, -0.15) is 0 Å². The van der Waals surface area contributed by atoms with Crippen molar-refractivity contribution in [1.29, 1.82) is 0 Å². The van der Waals surface area contributed by atoms with Crippen molar-refractivity contribution in [3.8, 4) is 11.5 Å². The Morgan fingerprint density at radius 1 is 1.28 bits per heavy atom. The van der Waals surface area contributed by atoms with Gasteiger partial charge in [-0.25, -0.2) is 4.79 Å². The van der Waals surface area contributed by atoms with Gasteiger partial charge in [0.2, 0.25) is 0 Å². The number of rotatable bonds is 6. The summed E-state index contributed by atoms with van der Waals surface area (Å²) in [6, 6.07) is 5.30. The number of allylic oxidation sites excluding steroid dienone is 1. The number of carbonyl (C=O) groups is 2. The second kappa shape index (κ2) is 8.37. The molecule has 0 bridgehead atoms. The molecule has 1 saturated heterocycles. The largest absolute Gasteiger partial charge is 0.507 e. The molecule has 1 unspecified atom stereocenters. The summed E-state index contributed by atoms with van der Waals surface area (Å²) < 4.78 is 16.0. The van der Waals surface area contributed by atoms with Gasteiger partial charge in [0.25, 0.3) is 0 Å². The molecule has 1 aliphatic rings. The monoisotopic (exact) mass is 346 g/mol. The molecule has 1 atom stereocenters. The third-order valence-electron chi connectivity index (χ3n) is 3.54. The molecule has 1 N–H and O–H groups in total. The normalized spacial score (nSPS) is 19.7. The molecular weight excluding hydrogens is 324 g/mol. The number of esters is 1. The fraction of sp³-hybridized carbons (Fsp3) is 0.368. The highest BCUT2D eigenvalue weighted by atomic mass is 16.5. The van der Waals surface area contributed by atoms with Crippen molar-refractivity contribution in [2.75, 3.05) is 13.2 Å². The first-order chi connectivity index (χ1) is 12.0. The van der Waals surface area contributed by atoms with Gasteiger partial charge in [0.15, 0.2) is 5.78 Å². The maximum Gasteiger partial charge on any atom is 0.345 e. The summed E-state index contributed by atoms with van der Waals surface area (Å²) in [5.74, 6) is -0.400. The van der Waals surface area contributed by atoms with Gasteiger partial charge >= 0.3 is 5.97 Å². The van der Waals surface area contributed by atoms with Crippen molar-refractivity contribution in [2.45, 2.75) is 33.3 Å². The first-order valence-corrected chi connectivity index (χ1v) is 8.21. The highest BCUT2D eigenvalue weighted by Crippen LogP contribution is 2.27. The van der Waals surface area contributed by atoms with Crippen molar-refractivity contribution < 1.29 is 28.9 Å². The van der Waals surface area contributed by atoms with Crippen molar-refractivity contribution in [1.82, 2.24) is 0 Å². The van der Waals surface area contributed by atoms with E-state index in [-0.39, 0.29) is 12.0 Å². The van der Waals surface area contributed by atoms with E-state index in [0.717, 1.165) is 0 Å². The lowest BCUT2D eigenvalue weighted by Crippen LogP contribution is -2.31. The molecule has 0 radical (unpaired) electrons. The molecule has 1 aromatic rings. The Bertz CT molecular complexity index is 697. The van der Waals surface area contributed by atoms with E-state index >= 15 is 0 Å². The van der Waals surface area contributed by atoms with E-state index in [0.29, 0.717) is 30.3 Å². The third-order valence-corrected chi connectivity index (χ3v) is 3.54.